The van der Waals surface area contributed by atoms with Crippen LogP contribution in [0.15, 0.2) is 0 Å². The average Bonchev–Trinajstić information content (AvgIpc) is 2.07. The van der Waals surface area contributed by atoms with Gasteiger partial charge in [0.1, 0.15) is 0 Å². The van der Waals surface area contributed by atoms with E-state index in [2.05, 4.69) is 27.7 Å². The van der Waals surface area contributed by atoms with Crippen LogP contribution in [0.4, 0.5) is 0 Å². The van der Waals surface area contributed by atoms with Gasteiger partial charge >= 0.3 is 0 Å². The van der Waals surface area contributed by atoms with Gasteiger partial charge in [0, 0.05) is 0 Å². The van der Waals surface area contributed by atoms with Crippen molar-refractivity contribution >= 4 is 0 Å². The smallest absolute Gasteiger partial charge is 0.0777 e. The first-order valence-electron chi connectivity index (χ1n) is 4.73. The summed E-state index contributed by atoms with van der Waals surface area (Å²) < 4.78 is 34.0. The number of halogens is 1. The van der Waals surface area contributed by atoms with E-state index in [9.17, 15) is 0 Å². The molecule has 0 aromatic heterocycles. The lowest BCUT2D eigenvalue weighted by Crippen LogP contribution is -2.58. The number of hydrogen-bond acceptors (Lipinski definition) is 4. The summed E-state index contributed by atoms with van der Waals surface area (Å²) in [5, 5.41) is 0. The van der Waals surface area contributed by atoms with E-state index in [0.29, 0.717) is 0 Å². The van der Waals surface area contributed by atoms with Crippen molar-refractivity contribution in [2.75, 3.05) is 26.2 Å². The fourth-order valence-electron chi connectivity index (χ4n) is 1.34. The third-order valence-electron chi connectivity index (χ3n) is 2.68. The molecule has 0 unspecified atom stereocenters. The first kappa shape index (κ1) is 16.5. The summed E-state index contributed by atoms with van der Waals surface area (Å²) in [6.45, 7) is 14.2. The second-order valence-corrected chi connectivity index (χ2v) is 3.79. The lowest BCUT2D eigenvalue weighted by molar-refractivity contribution is -1.92. The highest BCUT2D eigenvalue weighted by Crippen LogP contribution is 2.03. The summed E-state index contributed by atoms with van der Waals surface area (Å²) in [5.74, 6) is 0. The lowest BCUT2D eigenvalue weighted by atomic mass is 10.3. The standard InChI is InChI=1S/C8H20N.ClHO4/c1-5-9(6-2,7-3)8-4;2-1(3,4)5/h5-8H2,1-4H3;(H,2,3,4,5)/q+1;. The first-order valence-corrected chi connectivity index (χ1v) is 5.99. The van der Waals surface area contributed by atoms with Crippen LogP contribution < -0.4 is 14.0 Å². The second-order valence-electron chi connectivity index (χ2n) is 3.00. The van der Waals surface area contributed by atoms with E-state index in [0.717, 1.165) is 0 Å². The summed E-state index contributed by atoms with van der Waals surface area (Å²) in [6, 6.07) is 0. The van der Waals surface area contributed by atoms with Gasteiger partial charge in [-0.15, -0.1) is 0 Å². The Kier molecular flexibility index (Phi) is 8.72. The molecule has 0 spiro atoms. The molecule has 0 aromatic rings. The molecule has 0 fully saturated rings. The molecule has 0 bridgehead atoms. The van der Waals surface area contributed by atoms with Gasteiger partial charge in [0.15, 0.2) is 0 Å². The molecular formula is C8H21ClNO4+. The third kappa shape index (κ3) is 10.2. The number of quaternary nitrogens is 1. The van der Waals surface area contributed by atoms with Gasteiger partial charge in [-0.1, -0.05) is 0 Å². The van der Waals surface area contributed by atoms with E-state index in [-0.39, 0.29) is 0 Å². The van der Waals surface area contributed by atoms with Crippen LogP contribution in [0.25, 0.3) is 0 Å². The Labute approximate surface area is 87.9 Å². The molecule has 0 aliphatic heterocycles. The molecule has 88 valence electrons. The molecule has 0 aliphatic carbocycles. The fourth-order valence-corrected chi connectivity index (χ4v) is 1.34. The average molecular weight is 231 g/mol. The summed E-state index contributed by atoms with van der Waals surface area (Å²) in [7, 11) is -4.69. The van der Waals surface area contributed by atoms with Crippen LogP contribution in [0.2, 0.25) is 0 Å². The Bertz CT molecular complexity index is 110. The Balaban J connectivity index is 0. The van der Waals surface area contributed by atoms with Gasteiger partial charge in [-0.25, -0.2) is 0 Å². The van der Waals surface area contributed by atoms with Crippen molar-refractivity contribution in [2.45, 2.75) is 27.7 Å². The molecule has 5 nitrogen and oxygen atoms in total. The van der Waals surface area contributed by atoms with E-state index < -0.39 is 10.2 Å². The Morgan fingerprint density at radius 2 is 1.00 bits per heavy atom. The Morgan fingerprint density at radius 1 is 0.857 bits per heavy atom. The van der Waals surface area contributed by atoms with Crippen molar-refractivity contribution in [1.82, 2.24) is 0 Å². The molecule has 0 saturated heterocycles. The summed E-state index contributed by atoms with van der Waals surface area (Å²) in [5.41, 5.74) is 0. The predicted octanol–water partition coefficient (Wildman–Crippen LogP) is -2.24. The van der Waals surface area contributed by atoms with Crippen molar-refractivity contribution in [3.63, 3.8) is 0 Å². The van der Waals surface area contributed by atoms with E-state index in [4.69, 9.17) is 18.6 Å². The van der Waals surface area contributed by atoms with Crippen LogP contribution in [0.1, 0.15) is 27.7 Å². The van der Waals surface area contributed by atoms with Crippen molar-refractivity contribution in [3.8, 4) is 0 Å². The molecule has 0 rings (SSSR count). The van der Waals surface area contributed by atoms with E-state index in [1.807, 2.05) is 0 Å². The van der Waals surface area contributed by atoms with Crippen molar-refractivity contribution in [1.29, 1.82) is 0 Å². The van der Waals surface area contributed by atoms with Gasteiger partial charge in [0.05, 0.1) is 41.1 Å². The highest BCUT2D eigenvalue weighted by Gasteiger charge is 2.16. The van der Waals surface area contributed by atoms with Gasteiger partial charge in [-0.2, -0.15) is 14.0 Å². The highest BCUT2D eigenvalue weighted by molar-refractivity contribution is 4.31. The molecule has 0 radical (unpaired) electrons. The van der Waals surface area contributed by atoms with Crippen LogP contribution in [-0.2, 0) is 0 Å². The van der Waals surface area contributed by atoms with Crippen molar-refractivity contribution < 1.29 is 33.4 Å². The van der Waals surface area contributed by atoms with Crippen LogP contribution in [0, 0.1) is 10.2 Å². The molecular weight excluding hydrogens is 210 g/mol. The zero-order valence-electron chi connectivity index (χ0n) is 9.33. The zero-order valence-corrected chi connectivity index (χ0v) is 10.1. The quantitative estimate of drug-likeness (QED) is 0.553. The summed E-state index contributed by atoms with van der Waals surface area (Å²) >= 11 is 0. The van der Waals surface area contributed by atoms with E-state index in [1.54, 1.807) is 0 Å². The largest absolute Gasteiger partial charge is 0.325 e. The molecule has 0 aromatic carbocycles. The molecule has 0 aliphatic rings. The summed E-state index contributed by atoms with van der Waals surface area (Å²) in [6.07, 6.45) is 0. The van der Waals surface area contributed by atoms with Crippen LogP contribution in [0.5, 0.6) is 0 Å². The maximum absolute atomic E-state index is 8.60. The predicted molar refractivity (Wildman–Crippen MR) is 44.6 cm³/mol. The maximum Gasteiger partial charge on any atom is 0.0777 e. The number of nitrogens with zero attached hydrogens (tertiary/aromatic N) is 1. The minimum Gasteiger partial charge on any atom is -0.325 e. The SMILES string of the molecule is CC[N+](CC)(CC)CC.[O-][Cl+3]([O-])([O-])O. The monoisotopic (exact) mass is 230 g/mol. The minimum absolute atomic E-state index is 1.28. The topological polar surface area (TPSA) is 89.4 Å². The number of rotatable bonds is 4. The molecule has 1 N–H and O–H groups in total. The van der Waals surface area contributed by atoms with Gasteiger partial charge in [-0.05, 0) is 27.7 Å². The van der Waals surface area contributed by atoms with E-state index >= 15 is 0 Å². The van der Waals surface area contributed by atoms with Gasteiger partial charge in [-0.3, -0.25) is 0 Å². The van der Waals surface area contributed by atoms with Crippen LogP contribution >= 0.6 is 0 Å². The Hall–Kier alpha value is 0.0900. The number of hydrogen-bond donors (Lipinski definition) is 1. The first-order chi connectivity index (χ1) is 6.24. The Morgan fingerprint density at radius 3 is 1.00 bits per heavy atom. The lowest BCUT2D eigenvalue weighted by Gasteiger charge is -2.34. The summed E-state index contributed by atoms with van der Waals surface area (Å²) in [4.78, 5) is 0. The second kappa shape index (κ2) is 7.39. The molecule has 14 heavy (non-hydrogen) atoms. The molecule has 6 heteroatoms. The minimum atomic E-state index is -4.69. The van der Waals surface area contributed by atoms with Crippen molar-refractivity contribution in [3.05, 3.63) is 0 Å². The maximum atomic E-state index is 8.60. The normalized spacial score (nSPS) is 12.0. The zero-order chi connectivity index (χ0) is 11.8. The van der Waals surface area contributed by atoms with Crippen molar-refractivity contribution in [2.24, 2.45) is 0 Å². The van der Waals surface area contributed by atoms with E-state index in [1.165, 1.54) is 30.7 Å². The fraction of sp³-hybridized carbons (Fsp3) is 1.00. The third-order valence-corrected chi connectivity index (χ3v) is 2.68. The highest BCUT2D eigenvalue weighted by atomic mass is 35.7. The van der Waals surface area contributed by atoms with Crippen LogP contribution in [0.3, 0.4) is 0 Å². The van der Waals surface area contributed by atoms with Gasteiger partial charge in [0.25, 0.3) is 0 Å². The molecule has 0 saturated carbocycles. The van der Waals surface area contributed by atoms with Gasteiger partial charge < -0.3 is 4.48 Å². The van der Waals surface area contributed by atoms with Gasteiger partial charge in [0.2, 0.25) is 0 Å². The molecule has 0 amide bonds. The molecule has 0 heterocycles. The van der Waals surface area contributed by atoms with Crippen LogP contribution in [-0.4, -0.2) is 35.3 Å². The molecule has 0 atom stereocenters.